The highest BCUT2D eigenvalue weighted by Crippen LogP contribution is 2.35. The van der Waals surface area contributed by atoms with Crippen LogP contribution in [0.25, 0.3) is 0 Å². The van der Waals surface area contributed by atoms with Crippen molar-refractivity contribution in [2.45, 2.75) is 30.5 Å². The van der Waals surface area contributed by atoms with E-state index in [0.717, 1.165) is 12.3 Å². The molecule has 1 aromatic carbocycles. The van der Waals surface area contributed by atoms with Gasteiger partial charge >= 0.3 is 0 Å². The Kier molecular flexibility index (Phi) is 3.59. The number of non-ortho nitro benzene ring substituents is 1. The van der Waals surface area contributed by atoms with E-state index in [0.29, 0.717) is 4.83 Å². The van der Waals surface area contributed by atoms with Gasteiger partial charge in [-0.25, -0.2) is 0 Å². The van der Waals surface area contributed by atoms with Gasteiger partial charge in [-0.2, -0.15) is 0 Å². The molecule has 3 nitrogen and oxygen atoms in total. The van der Waals surface area contributed by atoms with Gasteiger partial charge in [-0.05, 0) is 30.7 Å². The van der Waals surface area contributed by atoms with Crippen LogP contribution in [-0.2, 0) is 6.42 Å². The van der Waals surface area contributed by atoms with Gasteiger partial charge in [0.05, 0.1) is 4.92 Å². The fraction of sp³-hybridized carbons (Fsp3) is 0.500. The van der Waals surface area contributed by atoms with E-state index < -0.39 is 0 Å². The fourth-order valence-electron chi connectivity index (χ4n) is 1.95. The minimum atomic E-state index is -0.360. The van der Waals surface area contributed by atoms with Crippen molar-refractivity contribution < 1.29 is 4.92 Å². The third kappa shape index (κ3) is 2.61. The lowest BCUT2D eigenvalue weighted by Gasteiger charge is -2.30. The normalized spacial score (nSPS) is 17.8. The van der Waals surface area contributed by atoms with Gasteiger partial charge in [0.15, 0.2) is 0 Å². The predicted octanol–water partition coefficient (Wildman–Crippen LogP) is 3.70. The molecular formula is C12H14BrNO2. The minimum absolute atomic E-state index is 0.165. The fourth-order valence-corrected chi connectivity index (χ4v) is 2.85. The molecule has 1 aromatic rings. The third-order valence-electron chi connectivity index (χ3n) is 3.24. The molecule has 0 spiro atoms. The Morgan fingerprint density at radius 3 is 2.44 bits per heavy atom. The van der Waals surface area contributed by atoms with Crippen LogP contribution in [-0.4, -0.2) is 9.75 Å². The lowest BCUT2D eigenvalue weighted by molar-refractivity contribution is -0.384. The van der Waals surface area contributed by atoms with E-state index in [1.54, 1.807) is 12.1 Å². The van der Waals surface area contributed by atoms with E-state index in [4.69, 9.17) is 0 Å². The van der Waals surface area contributed by atoms with E-state index in [9.17, 15) is 10.1 Å². The first-order valence-corrected chi connectivity index (χ1v) is 6.46. The van der Waals surface area contributed by atoms with Crippen molar-refractivity contribution in [1.82, 2.24) is 0 Å². The molecule has 0 N–H and O–H groups in total. The molecule has 1 atom stereocenters. The number of nitro benzene ring substituents is 1. The molecule has 16 heavy (non-hydrogen) atoms. The molecule has 0 amide bonds. The molecule has 1 saturated carbocycles. The summed E-state index contributed by atoms with van der Waals surface area (Å²) in [5.74, 6) is 0.787. The smallest absolute Gasteiger partial charge is 0.258 e. The predicted molar refractivity (Wildman–Crippen MR) is 66.9 cm³/mol. The summed E-state index contributed by atoms with van der Waals surface area (Å²) in [6.45, 7) is 0. The Hall–Kier alpha value is -0.900. The number of halogens is 1. The van der Waals surface area contributed by atoms with Crippen molar-refractivity contribution in [2.24, 2.45) is 5.92 Å². The zero-order valence-corrected chi connectivity index (χ0v) is 10.5. The molecule has 4 heteroatoms. The zero-order chi connectivity index (χ0) is 11.5. The van der Waals surface area contributed by atoms with Gasteiger partial charge in [-0.15, -0.1) is 0 Å². The van der Waals surface area contributed by atoms with Crippen LogP contribution in [0.4, 0.5) is 5.69 Å². The van der Waals surface area contributed by atoms with Gasteiger partial charge < -0.3 is 0 Å². The molecule has 0 bridgehead atoms. The first-order valence-electron chi connectivity index (χ1n) is 5.54. The van der Waals surface area contributed by atoms with Crippen LogP contribution in [0.3, 0.4) is 0 Å². The molecule has 86 valence electrons. The molecule has 1 fully saturated rings. The molecule has 2 rings (SSSR count). The molecule has 1 aliphatic carbocycles. The van der Waals surface area contributed by atoms with Crippen LogP contribution in [0, 0.1) is 16.0 Å². The first kappa shape index (κ1) is 11.6. The Balaban J connectivity index is 1.96. The monoisotopic (exact) mass is 283 g/mol. The maximum absolute atomic E-state index is 10.5. The minimum Gasteiger partial charge on any atom is -0.258 e. The van der Waals surface area contributed by atoms with Gasteiger partial charge in [-0.1, -0.05) is 34.5 Å². The number of hydrogen-bond acceptors (Lipinski definition) is 2. The Morgan fingerprint density at radius 2 is 2.00 bits per heavy atom. The Morgan fingerprint density at radius 1 is 1.38 bits per heavy atom. The van der Waals surface area contributed by atoms with Gasteiger partial charge in [0.1, 0.15) is 0 Å². The molecular weight excluding hydrogens is 270 g/mol. The van der Waals surface area contributed by atoms with Crippen LogP contribution in [0.5, 0.6) is 0 Å². The number of nitro groups is 1. The highest BCUT2D eigenvalue weighted by molar-refractivity contribution is 9.09. The Labute approximate surface area is 103 Å². The number of nitrogens with zero attached hydrogens (tertiary/aromatic N) is 1. The van der Waals surface area contributed by atoms with Crippen molar-refractivity contribution in [3.63, 3.8) is 0 Å². The number of alkyl halides is 1. The average molecular weight is 284 g/mol. The van der Waals surface area contributed by atoms with Crippen LogP contribution >= 0.6 is 15.9 Å². The summed E-state index contributed by atoms with van der Waals surface area (Å²) in [7, 11) is 0. The maximum atomic E-state index is 10.5. The number of rotatable bonds is 4. The molecule has 1 unspecified atom stereocenters. The summed E-state index contributed by atoms with van der Waals surface area (Å²) in [4.78, 5) is 10.7. The van der Waals surface area contributed by atoms with Gasteiger partial charge in [0.2, 0.25) is 0 Å². The van der Waals surface area contributed by atoms with Crippen LogP contribution in [0.2, 0.25) is 0 Å². The summed E-state index contributed by atoms with van der Waals surface area (Å²) < 4.78 is 0. The van der Waals surface area contributed by atoms with E-state index in [-0.39, 0.29) is 10.6 Å². The van der Waals surface area contributed by atoms with E-state index in [1.807, 2.05) is 12.1 Å². The summed E-state index contributed by atoms with van der Waals surface area (Å²) in [6, 6.07) is 6.86. The standard InChI is InChI=1S/C12H14BrNO2/c13-12(10-2-1-3-10)8-9-4-6-11(7-5-9)14(15)16/h4-7,10,12H,1-3,8H2. The van der Waals surface area contributed by atoms with Crippen molar-refractivity contribution in [2.75, 3.05) is 0 Å². The van der Waals surface area contributed by atoms with Crippen LogP contribution in [0.15, 0.2) is 24.3 Å². The largest absolute Gasteiger partial charge is 0.269 e. The highest BCUT2D eigenvalue weighted by Gasteiger charge is 2.25. The first-order chi connectivity index (χ1) is 7.66. The molecule has 0 aromatic heterocycles. The lowest BCUT2D eigenvalue weighted by atomic mass is 9.81. The van der Waals surface area contributed by atoms with E-state index >= 15 is 0 Å². The molecule has 1 aliphatic rings. The second-order valence-corrected chi connectivity index (χ2v) is 5.51. The van der Waals surface area contributed by atoms with Crippen LogP contribution < -0.4 is 0 Å². The second-order valence-electron chi connectivity index (χ2n) is 4.33. The quantitative estimate of drug-likeness (QED) is 0.480. The lowest BCUT2D eigenvalue weighted by Crippen LogP contribution is -2.23. The van der Waals surface area contributed by atoms with Crippen molar-refractivity contribution in [3.05, 3.63) is 39.9 Å². The molecule has 0 aliphatic heterocycles. The Bertz CT molecular complexity index is 373. The topological polar surface area (TPSA) is 43.1 Å². The molecule has 0 saturated heterocycles. The SMILES string of the molecule is O=[N+]([O-])c1ccc(CC(Br)C2CCC2)cc1. The average Bonchev–Trinajstić information content (AvgIpc) is 2.15. The maximum Gasteiger partial charge on any atom is 0.269 e. The van der Waals surface area contributed by atoms with E-state index in [1.165, 1.54) is 24.8 Å². The van der Waals surface area contributed by atoms with Crippen molar-refractivity contribution >= 4 is 21.6 Å². The highest BCUT2D eigenvalue weighted by atomic mass is 79.9. The number of hydrogen-bond donors (Lipinski definition) is 0. The summed E-state index contributed by atoms with van der Waals surface area (Å²) in [6.07, 6.45) is 4.92. The van der Waals surface area contributed by atoms with Crippen LogP contribution in [0.1, 0.15) is 24.8 Å². The summed E-state index contributed by atoms with van der Waals surface area (Å²) in [5.41, 5.74) is 1.33. The second kappa shape index (κ2) is 4.95. The summed E-state index contributed by atoms with van der Waals surface area (Å²) in [5, 5.41) is 10.5. The van der Waals surface area contributed by atoms with Crippen molar-refractivity contribution in [1.29, 1.82) is 0 Å². The van der Waals surface area contributed by atoms with Crippen molar-refractivity contribution in [3.8, 4) is 0 Å². The zero-order valence-electron chi connectivity index (χ0n) is 8.93. The molecule has 0 heterocycles. The number of benzene rings is 1. The van der Waals surface area contributed by atoms with E-state index in [2.05, 4.69) is 15.9 Å². The molecule has 0 radical (unpaired) electrons. The third-order valence-corrected chi connectivity index (χ3v) is 4.31. The van der Waals surface area contributed by atoms with Gasteiger partial charge in [0.25, 0.3) is 5.69 Å². The van der Waals surface area contributed by atoms with Gasteiger partial charge in [-0.3, -0.25) is 10.1 Å². The van der Waals surface area contributed by atoms with Gasteiger partial charge in [0, 0.05) is 17.0 Å². The summed E-state index contributed by atoms with van der Waals surface area (Å²) >= 11 is 3.70.